The van der Waals surface area contributed by atoms with Crippen LogP contribution < -0.4 is 10.9 Å². The molecule has 2 atom stereocenters. The smallest absolute Gasteiger partial charge is 0.293 e. The summed E-state index contributed by atoms with van der Waals surface area (Å²) >= 11 is 0. The van der Waals surface area contributed by atoms with Crippen LogP contribution >= 0.6 is 0 Å². The highest BCUT2D eigenvalue weighted by molar-refractivity contribution is 5.86. The van der Waals surface area contributed by atoms with E-state index in [1.807, 2.05) is 0 Å². The molecule has 1 aliphatic rings. The summed E-state index contributed by atoms with van der Waals surface area (Å²) < 4.78 is 0. The van der Waals surface area contributed by atoms with Gasteiger partial charge < -0.3 is 15.4 Å². The van der Waals surface area contributed by atoms with Crippen LogP contribution in [-0.4, -0.2) is 32.6 Å². The third-order valence-electron chi connectivity index (χ3n) is 4.45. The van der Waals surface area contributed by atoms with E-state index in [9.17, 15) is 14.9 Å². The lowest BCUT2D eigenvalue weighted by atomic mass is 9.99. The van der Waals surface area contributed by atoms with Crippen LogP contribution in [0.4, 0.5) is 11.4 Å². The Morgan fingerprint density at radius 2 is 2.26 bits per heavy atom. The molecule has 122 valence electrons. The zero-order chi connectivity index (χ0) is 16.4. The first-order chi connectivity index (χ1) is 11.1. The molecule has 0 bridgehead atoms. The van der Waals surface area contributed by atoms with Crippen molar-refractivity contribution in [3.8, 4) is 0 Å². The van der Waals surface area contributed by atoms with Crippen LogP contribution in [0.1, 0.15) is 25.7 Å². The molecule has 1 fully saturated rings. The van der Waals surface area contributed by atoms with Crippen LogP contribution in [0, 0.1) is 16.0 Å². The van der Waals surface area contributed by atoms with E-state index in [0.717, 1.165) is 19.3 Å². The quantitative estimate of drug-likeness (QED) is 0.571. The second-order valence-electron chi connectivity index (χ2n) is 5.83. The minimum Gasteiger partial charge on any atom is -0.396 e. The summed E-state index contributed by atoms with van der Waals surface area (Å²) in [6.45, 7) is 0.111. The summed E-state index contributed by atoms with van der Waals surface area (Å²) in [5.74, 6) is 0.294. The SMILES string of the molecule is O=c1[nH]cnc2cc(NC3CCCC3CCO)c([N+](=O)[O-])cc12. The molecule has 23 heavy (non-hydrogen) atoms. The van der Waals surface area contributed by atoms with Crippen molar-refractivity contribution >= 4 is 22.3 Å². The number of aliphatic hydroxyl groups is 1. The number of rotatable bonds is 5. The Kier molecular flexibility index (Phi) is 4.24. The van der Waals surface area contributed by atoms with Crippen LogP contribution in [0.3, 0.4) is 0 Å². The second-order valence-corrected chi connectivity index (χ2v) is 5.83. The van der Waals surface area contributed by atoms with Gasteiger partial charge in [-0.1, -0.05) is 6.42 Å². The molecule has 0 spiro atoms. The molecular weight excluding hydrogens is 300 g/mol. The maximum atomic E-state index is 11.8. The van der Waals surface area contributed by atoms with E-state index in [4.69, 9.17) is 5.11 Å². The fourth-order valence-electron chi connectivity index (χ4n) is 3.31. The van der Waals surface area contributed by atoms with Gasteiger partial charge in [-0.25, -0.2) is 4.98 Å². The first-order valence-electron chi connectivity index (χ1n) is 7.63. The van der Waals surface area contributed by atoms with Crippen molar-refractivity contribution in [1.29, 1.82) is 0 Å². The lowest BCUT2D eigenvalue weighted by Crippen LogP contribution is -2.25. The summed E-state index contributed by atoms with van der Waals surface area (Å²) in [6.07, 6.45) is 4.89. The summed E-state index contributed by atoms with van der Waals surface area (Å²) in [5, 5.41) is 23.9. The van der Waals surface area contributed by atoms with Crippen LogP contribution in [0.5, 0.6) is 0 Å². The van der Waals surface area contributed by atoms with Crippen LogP contribution in [0.2, 0.25) is 0 Å². The van der Waals surface area contributed by atoms with Crippen molar-refractivity contribution in [2.75, 3.05) is 11.9 Å². The molecule has 1 saturated carbocycles. The number of hydrogen-bond acceptors (Lipinski definition) is 6. The number of fused-ring (bicyclic) bond motifs is 1. The summed E-state index contributed by atoms with van der Waals surface area (Å²) in [4.78, 5) is 29.1. The molecule has 0 aliphatic heterocycles. The molecule has 1 aromatic carbocycles. The molecule has 2 aromatic rings. The van der Waals surface area contributed by atoms with E-state index in [1.54, 1.807) is 6.07 Å². The summed E-state index contributed by atoms with van der Waals surface area (Å²) in [6, 6.07) is 2.90. The van der Waals surface area contributed by atoms with Crippen LogP contribution in [-0.2, 0) is 0 Å². The first-order valence-corrected chi connectivity index (χ1v) is 7.63. The highest BCUT2D eigenvalue weighted by atomic mass is 16.6. The van der Waals surface area contributed by atoms with Crippen molar-refractivity contribution in [2.45, 2.75) is 31.7 Å². The molecule has 3 rings (SSSR count). The largest absolute Gasteiger partial charge is 0.396 e. The number of hydrogen-bond donors (Lipinski definition) is 3. The molecular formula is C15H18N4O4. The summed E-state index contributed by atoms with van der Waals surface area (Å²) in [5.41, 5.74) is 0.253. The van der Waals surface area contributed by atoms with Crippen LogP contribution in [0.25, 0.3) is 10.9 Å². The van der Waals surface area contributed by atoms with Crippen molar-refractivity contribution in [1.82, 2.24) is 9.97 Å². The number of nitrogens with one attached hydrogen (secondary N) is 2. The Balaban J connectivity index is 2.00. The van der Waals surface area contributed by atoms with Gasteiger partial charge in [0.05, 0.1) is 22.2 Å². The van der Waals surface area contributed by atoms with Crippen molar-refractivity contribution in [2.24, 2.45) is 5.92 Å². The van der Waals surface area contributed by atoms with Gasteiger partial charge in [-0.15, -0.1) is 0 Å². The number of benzene rings is 1. The average Bonchev–Trinajstić information content (AvgIpc) is 2.94. The lowest BCUT2D eigenvalue weighted by Gasteiger charge is -2.21. The Morgan fingerprint density at radius 1 is 1.43 bits per heavy atom. The van der Waals surface area contributed by atoms with Gasteiger partial charge in [0.15, 0.2) is 0 Å². The van der Waals surface area contributed by atoms with Gasteiger partial charge in [0.25, 0.3) is 11.2 Å². The molecule has 1 heterocycles. The number of aromatic nitrogens is 2. The van der Waals surface area contributed by atoms with Gasteiger partial charge in [0, 0.05) is 18.7 Å². The topological polar surface area (TPSA) is 121 Å². The number of H-pyrrole nitrogens is 1. The Labute approximate surface area is 131 Å². The van der Waals surface area contributed by atoms with Gasteiger partial charge in [0.2, 0.25) is 0 Å². The highest BCUT2D eigenvalue weighted by Crippen LogP contribution is 2.34. The van der Waals surface area contributed by atoms with Crippen molar-refractivity contribution < 1.29 is 10.0 Å². The first kappa shape index (κ1) is 15.4. The zero-order valence-electron chi connectivity index (χ0n) is 12.5. The minimum atomic E-state index is -0.496. The van der Waals surface area contributed by atoms with Crippen molar-refractivity contribution in [3.63, 3.8) is 0 Å². The molecule has 0 radical (unpaired) electrons. The van der Waals surface area contributed by atoms with E-state index in [0.29, 0.717) is 23.5 Å². The summed E-state index contributed by atoms with van der Waals surface area (Å²) in [7, 11) is 0. The predicted molar refractivity (Wildman–Crippen MR) is 85.5 cm³/mol. The normalized spacial score (nSPS) is 20.7. The van der Waals surface area contributed by atoms with Gasteiger partial charge in [-0.05, 0) is 31.2 Å². The molecule has 8 nitrogen and oxygen atoms in total. The highest BCUT2D eigenvalue weighted by Gasteiger charge is 2.29. The van der Waals surface area contributed by atoms with E-state index < -0.39 is 10.5 Å². The Morgan fingerprint density at radius 3 is 3.00 bits per heavy atom. The zero-order valence-corrected chi connectivity index (χ0v) is 12.5. The fourth-order valence-corrected chi connectivity index (χ4v) is 3.31. The van der Waals surface area contributed by atoms with Gasteiger partial charge in [0.1, 0.15) is 5.69 Å². The molecule has 1 aromatic heterocycles. The fraction of sp³-hybridized carbons (Fsp3) is 0.467. The van der Waals surface area contributed by atoms with Gasteiger partial charge in [-0.3, -0.25) is 14.9 Å². The number of nitrogens with zero attached hydrogens (tertiary/aromatic N) is 2. The van der Waals surface area contributed by atoms with Gasteiger partial charge >= 0.3 is 0 Å². The molecule has 2 unspecified atom stereocenters. The Hall–Kier alpha value is -2.48. The van der Waals surface area contributed by atoms with Gasteiger partial charge in [-0.2, -0.15) is 0 Å². The van der Waals surface area contributed by atoms with Crippen LogP contribution in [0.15, 0.2) is 23.3 Å². The average molecular weight is 318 g/mol. The van der Waals surface area contributed by atoms with E-state index in [2.05, 4.69) is 15.3 Å². The number of aromatic amines is 1. The standard InChI is InChI=1S/C15H18N4O4/c20-5-4-9-2-1-3-11(9)18-13-7-12-10(6-14(13)19(22)23)15(21)17-8-16-12/h6-9,11,18,20H,1-5H2,(H,16,17,21). The van der Waals surface area contributed by atoms with E-state index in [-0.39, 0.29) is 23.7 Å². The molecule has 3 N–H and O–H groups in total. The molecule has 0 saturated heterocycles. The minimum absolute atomic E-state index is 0.0836. The third kappa shape index (κ3) is 3.02. The third-order valence-corrected chi connectivity index (χ3v) is 4.45. The maximum absolute atomic E-state index is 11.8. The molecule has 0 amide bonds. The molecule has 1 aliphatic carbocycles. The Bertz CT molecular complexity index is 789. The molecule has 8 heteroatoms. The second kappa shape index (κ2) is 6.33. The van der Waals surface area contributed by atoms with E-state index in [1.165, 1.54) is 12.4 Å². The monoisotopic (exact) mass is 318 g/mol. The predicted octanol–water partition coefficient (Wildman–Crippen LogP) is 1.79. The number of aliphatic hydroxyl groups excluding tert-OH is 1. The number of nitro groups is 1. The maximum Gasteiger partial charge on any atom is 0.293 e. The lowest BCUT2D eigenvalue weighted by molar-refractivity contribution is -0.383. The number of anilines is 1. The number of nitro benzene ring substituents is 1. The van der Waals surface area contributed by atoms with E-state index >= 15 is 0 Å². The van der Waals surface area contributed by atoms with Crippen molar-refractivity contribution in [3.05, 3.63) is 38.9 Å².